The van der Waals surface area contributed by atoms with Crippen LogP contribution in [-0.4, -0.2) is 33.0 Å². The molecule has 0 bridgehead atoms. The molecule has 0 saturated carbocycles. The fraction of sp³-hybridized carbons (Fsp3) is 0.300. The van der Waals surface area contributed by atoms with Crippen LogP contribution < -0.4 is 0 Å². The molecule has 134 valence electrons. The van der Waals surface area contributed by atoms with E-state index in [2.05, 4.69) is 46.4 Å². The van der Waals surface area contributed by atoms with Crippen molar-refractivity contribution in [1.29, 1.82) is 0 Å². The third kappa shape index (κ3) is 3.96. The summed E-state index contributed by atoms with van der Waals surface area (Å²) in [6.07, 6.45) is 1.81. The van der Waals surface area contributed by atoms with Gasteiger partial charge in [-0.05, 0) is 30.2 Å². The molecule has 1 atom stereocenters. The van der Waals surface area contributed by atoms with Crippen LogP contribution in [0.3, 0.4) is 0 Å². The van der Waals surface area contributed by atoms with Crippen LogP contribution in [0, 0.1) is 6.92 Å². The Kier molecular flexibility index (Phi) is 5.02. The van der Waals surface area contributed by atoms with Crippen LogP contribution in [0.25, 0.3) is 0 Å². The highest BCUT2D eigenvalue weighted by Gasteiger charge is 2.29. The largest absolute Gasteiger partial charge is 0.356 e. The van der Waals surface area contributed by atoms with Crippen molar-refractivity contribution in [3.63, 3.8) is 0 Å². The molecular weight excluding hydrogens is 348 g/mol. The lowest BCUT2D eigenvalue weighted by Crippen LogP contribution is -2.23. The second kappa shape index (κ2) is 7.58. The van der Waals surface area contributed by atoms with E-state index in [-0.39, 0.29) is 6.23 Å². The number of aryl methyl sites for hydroxylation is 1. The van der Waals surface area contributed by atoms with Crippen LogP contribution in [0.1, 0.15) is 28.6 Å². The van der Waals surface area contributed by atoms with Gasteiger partial charge in [-0.3, -0.25) is 4.90 Å². The fourth-order valence-corrected chi connectivity index (χ4v) is 3.52. The molecule has 0 amide bonds. The molecule has 26 heavy (non-hydrogen) atoms. The van der Waals surface area contributed by atoms with Gasteiger partial charge in [-0.25, -0.2) is 4.68 Å². The quantitative estimate of drug-likeness (QED) is 0.686. The Morgan fingerprint density at radius 1 is 1.12 bits per heavy atom. The van der Waals surface area contributed by atoms with Gasteiger partial charge in [-0.2, -0.15) is 0 Å². The number of nitrogens with zero attached hydrogens (tertiary/aromatic N) is 4. The van der Waals surface area contributed by atoms with Crippen LogP contribution in [0.5, 0.6) is 0 Å². The number of ether oxygens (including phenoxy) is 1. The van der Waals surface area contributed by atoms with E-state index < -0.39 is 0 Å². The summed E-state index contributed by atoms with van der Waals surface area (Å²) in [6, 6.07) is 16.4. The first-order chi connectivity index (χ1) is 12.7. The van der Waals surface area contributed by atoms with E-state index in [1.54, 1.807) is 0 Å². The lowest BCUT2D eigenvalue weighted by atomic mass is 10.1. The van der Waals surface area contributed by atoms with E-state index in [4.69, 9.17) is 16.3 Å². The van der Waals surface area contributed by atoms with E-state index in [0.717, 1.165) is 29.4 Å². The van der Waals surface area contributed by atoms with Crippen molar-refractivity contribution in [2.45, 2.75) is 26.2 Å². The number of aromatic nitrogens is 3. The van der Waals surface area contributed by atoms with E-state index >= 15 is 0 Å². The molecule has 2 aromatic carbocycles. The van der Waals surface area contributed by atoms with Crippen molar-refractivity contribution < 1.29 is 4.74 Å². The topological polar surface area (TPSA) is 43.2 Å². The molecule has 1 aliphatic heterocycles. The molecule has 4 rings (SSSR count). The lowest BCUT2D eigenvalue weighted by Gasteiger charge is -2.21. The smallest absolute Gasteiger partial charge is 0.157 e. The Hall–Kier alpha value is -2.21. The maximum absolute atomic E-state index is 6.06. The molecule has 0 spiro atoms. The zero-order valence-corrected chi connectivity index (χ0v) is 15.4. The van der Waals surface area contributed by atoms with E-state index in [1.165, 1.54) is 11.1 Å². The number of halogens is 1. The summed E-state index contributed by atoms with van der Waals surface area (Å²) in [5.41, 5.74) is 4.49. The SMILES string of the molecule is Cc1cccc(CN2CCO[C@@H]2c2cn(Cc3cccc(Cl)c3)nn2)c1. The van der Waals surface area contributed by atoms with Crippen molar-refractivity contribution in [2.75, 3.05) is 13.2 Å². The Labute approximate surface area is 158 Å². The minimum Gasteiger partial charge on any atom is -0.356 e. The van der Waals surface area contributed by atoms with Gasteiger partial charge in [0.15, 0.2) is 6.23 Å². The lowest BCUT2D eigenvalue weighted by molar-refractivity contribution is 0.0252. The summed E-state index contributed by atoms with van der Waals surface area (Å²) >= 11 is 6.06. The summed E-state index contributed by atoms with van der Waals surface area (Å²) in [5.74, 6) is 0. The predicted octanol–water partition coefficient (Wildman–Crippen LogP) is 3.82. The molecular formula is C20H21ClN4O. The minimum atomic E-state index is -0.149. The number of hydrogen-bond donors (Lipinski definition) is 0. The highest BCUT2D eigenvalue weighted by atomic mass is 35.5. The second-order valence-corrected chi connectivity index (χ2v) is 7.09. The van der Waals surface area contributed by atoms with E-state index in [0.29, 0.717) is 13.2 Å². The standard InChI is InChI=1S/C20H21ClN4O/c1-15-4-2-5-16(10-15)12-24-8-9-26-20(24)19-14-25(23-22-19)13-17-6-3-7-18(21)11-17/h2-7,10-11,14,20H,8-9,12-13H2,1H3/t20-/m1/s1. The maximum atomic E-state index is 6.06. The first kappa shape index (κ1) is 17.2. The van der Waals surface area contributed by atoms with Gasteiger partial charge in [0.25, 0.3) is 0 Å². The zero-order chi connectivity index (χ0) is 17.9. The summed E-state index contributed by atoms with van der Waals surface area (Å²) < 4.78 is 7.75. The van der Waals surface area contributed by atoms with Gasteiger partial charge in [0.1, 0.15) is 5.69 Å². The van der Waals surface area contributed by atoms with Crippen LogP contribution >= 0.6 is 11.6 Å². The van der Waals surface area contributed by atoms with Crippen molar-refractivity contribution in [3.05, 3.63) is 82.1 Å². The number of hydrogen-bond acceptors (Lipinski definition) is 4. The highest BCUT2D eigenvalue weighted by Crippen LogP contribution is 2.27. The second-order valence-electron chi connectivity index (χ2n) is 6.65. The highest BCUT2D eigenvalue weighted by molar-refractivity contribution is 6.30. The van der Waals surface area contributed by atoms with Gasteiger partial charge >= 0.3 is 0 Å². The minimum absolute atomic E-state index is 0.149. The summed E-state index contributed by atoms with van der Waals surface area (Å²) in [4.78, 5) is 2.29. The molecule has 0 aliphatic carbocycles. The molecule has 2 heterocycles. The molecule has 6 heteroatoms. The summed E-state index contributed by atoms with van der Waals surface area (Å²) in [7, 11) is 0. The Balaban J connectivity index is 1.47. The predicted molar refractivity (Wildman–Crippen MR) is 101 cm³/mol. The normalized spacial score (nSPS) is 17.7. The zero-order valence-electron chi connectivity index (χ0n) is 14.7. The number of rotatable bonds is 5. The van der Waals surface area contributed by atoms with Crippen molar-refractivity contribution in [1.82, 2.24) is 19.9 Å². The summed E-state index contributed by atoms with van der Waals surface area (Å²) in [5, 5.41) is 9.33. The van der Waals surface area contributed by atoms with Crippen LogP contribution in [0.2, 0.25) is 5.02 Å². The van der Waals surface area contributed by atoms with Gasteiger partial charge in [-0.1, -0.05) is 58.8 Å². The molecule has 5 nitrogen and oxygen atoms in total. The Morgan fingerprint density at radius 3 is 2.73 bits per heavy atom. The molecule has 1 aliphatic rings. The van der Waals surface area contributed by atoms with Crippen LogP contribution in [0.4, 0.5) is 0 Å². The van der Waals surface area contributed by atoms with Gasteiger partial charge in [0.2, 0.25) is 0 Å². The Morgan fingerprint density at radius 2 is 1.92 bits per heavy atom. The average molecular weight is 369 g/mol. The molecule has 1 saturated heterocycles. The Bertz CT molecular complexity index is 895. The first-order valence-electron chi connectivity index (χ1n) is 8.73. The van der Waals surface area contributed by atoms with Gasteiger partial charge in [-0.15, -0.1) is 5.10 Å². The third-order valence-electron chi connectivity index (χ3n) is 4.50. The van der Waals surface area contributed by atoms with Crippen LogP contribution in [0.15, 0.2) is 54.7 Å². The van der Waals surface area contributed by atoms with Gasteiger partial charge < -0.3 is 4.74 Å². The monoisotopic (exact) mass is 368 g/mol. The van der Waals surface area contributed by atoms with Crippen molar-refractivity contribution in [3.8, 4) is 0 Å². The third-order valence-corrected chi connectivity index (χ3v) is 4.73. The summed E-state index contributed by atoms with van der Waals surface area (Å²) in [6.45, 7) is 5.19. The molecule has 0 unspecified atom stereocenters. The average Bonchev–Trinajstić information content (AvgIpc) is 3.24. The molecule has 1 fully saturated rings. The molecule has 0 N–H and O–H groups in total. The van der Waals surface area contributed by atoms with Crippen molar-refractivity contribution >= 4 is 11.6 Å². The van der Waals surface area contributed by atoms with Crippen LogP contribution in [-0.2, 0) is 17.8 Å². The van der Waals surface area contributed by atoms with E-state index in [9.17, 15) is 0 Å². The first-order valence-corrected chi connectivity index (χ1v) is 9.11. The fourth-order valence-electron chi connectivity index (χ4n) is 3.31. The van der Waals surface area contributed by atoms with Gasteiger partial charge in [0, 0.05) is 18.1 Å². The molecule has 3 aromatic rings. The van der Waals surface area contributed by atoms with E-state index in [1.807, 2.05) is 35.1 Å². The van der Waals surface area contributed by atoms with Gasteiger partial charge in [0.05, 0.1) is 19.3 Å². The number of benzene rings is 2. The maximum Gasteiger partial charge on any atom is 0.157 e. The van der Waals surface area contributed by atoms with Crippen molar-refractivity contribution in [2.24, 2.45) is 0 Å². The molecule has 0 radical (unpaired) electrons. The molecule has 1 aromatic heterocycles.